The highest BCUT2D eigenvalue weighted by Gasteiger charge is 2.34. The zero-order valence-electron chi connectivity index (χ0n) is 14.9. The number of hydrogen-bond donors (Lipinski definition) is 0. The van der Waals surface area contributed by atoms with E-state index in [9.17, 15) is 8.42 Å². The average molecular weight is 393 g/mol. The third kappa shape index (κ3) is 3.29. The minimum absolute atomic E-state index is 0.266. The van der Waals surface area contributed by atoms with Gasteiger partial charge in [0.05, 0.1) is 7.11 Å². The predicted octanol–water partition coefficient (Wildman–Crippen LogP) is 2.97. The van der Waals surface area contributed by atoms with Crippen LogP contribution in [0.5, 0.6) is 5.75 Å². The maximum atomic E-state index is 13.0. The maximum absolute atomic E-state index is 13.0. The van der Waals surface area contributed by atoms with Crippen LogP contribution in [0.3, 0.4) is 0 Å². The fourth-order valence-electron chi connectivity index (χ4n) is 4.00. The number of benzene rings is 1. The van der Waals surface area contributed by atoms with E-state index in [0.717, 1.165) is 32.4 Å². The third-order valence-electron chi connectivity index (χ3n) is 5.46. The number of thiophene rings is 1. The number of rotatable bonds is 4. The van der Waals surface area contributed by atoms with Crippen molar-refractivity contribution in [2.45, 2.75) is 36.7 Å². The zero-order chi connectivity index (χ0) is 18.1. The van der Waals surface area contributed by atoms with Crippen molar-refractivity contribution in [3.05, 3.63) is 46.2 Å². The highest BCUT2D eigenvalue weighted by atomic mass is 32.2. The van der Waals surface area contributed by atoms with Crippen molar-refractivity contribution in [2.75, 3.05) is 26.7 Å². The Morgan fingerprint density at radius 2 is 1.88 bits per heavy atom. The molecule has 0 aliphatic carbocycles. The molecule has 0 atom stereocenters. The van der Waals surface area contributed by atoms with Crippen LogP contribution >= 0.6 is 11.3 Å². The summed E-state index contributed by atoms with van der Waals surface area (Å²) >= 11 is 1.85. The fraction of sp³-hybridized carbons (Fsp3) is 0.474. The first-order chi connectivity index (χ1) is 12.6. The normalized spacial score (nSPS) is 20.0. The molecule has 1 saturated heterocycles. The second kappa shape index (κ2) is 7.31. The first kappa shape index (κ1) is 18.0. The molecule has 1 aromatic carbocycles. The average Bonchev–Trinajstić information content (AvgIpc) is 3.16. The van der Waals surface area contributed by atoms with Crippen LogP contribution < -0.4 is 4.74 Å². The molecule has 5 nitrogen and oxygen atoms in total. The summed E-state index contributed by atoms with van der Waals surface area (Å²) in [6, 6.07) is 9.56. The molecule has 2 aliphatic rings. The minimum Gasteiger partial charge on any atom is -0.495 e. The second-order valence-electron chi connectivity index (χ2n) is 6.88. The van der Waals surface area contributed by atoms with E-state index in [4.69, 9.17) is 4.74 Å². The van der Waals surface area contributed by atoms with Crippen LogP contribution in [-0.2, 0) is 23.0 Å². The molecule has 0 spiro atoms. The number of piperidine rings is 1. The van der Waals surface area contributed by atoms with Crippen LogP contribution in [0.4, 0.5) is 0 Å². The third-order valence-corrected chi connectivity index (χ3v) is 8.43. The molecular weight excluding hydrogens is 368 g/mol. The molecule has 0 radical (unpaired) electrons. The van der Waals surface area contributed by atoms with Crippen molar-refractivity contribution in [3.8, 4) is 5.75 Å². The summed E-state index contributed by atoms with van der Waals surface area (Å²) in [6.45, 7) is 3.22. The Balaban J connectivity index is 1.43. The summed E-state index contributed by atoms with van der Waals surface area (Å²) in [7, 11) is -2.00. The van der Waals surface area contributed by atoms with Crippen molar-refractivity contribution < 1.29 is 13.2 Å². The van der Waals surface area contributed by atoms with E-state index in [2.05, 4.69) is 16.3 Å². The van der Waals surface area contributed by atoms with E-state index in [1.165, 1.54) is 17.6 Å². The Labute approximate surface area is 159 Å². The largest absolute Gasteiger partial charge is 0.495 e. The van der Waals surface area contributed by atoms with Crippen molar-refractivity contribution in [1.82, 2.24) is 9.21 Å². The Kier molecular flexibility index (Phi) is 5.05. The van der Waals surface area contributed by atoms with E-state index in [1.54, 1.807) is 28.6 Å². The van der Waals surface area contributed by atoms with Crippen LogP contribution in [0.15, 0.2) is 40.6 Å². The molecule has 26 heavy (non-hydrogen) atoms. The topological polar surface area (TPSA) is 49.9 Å². The molecule has 0 saturated carbocycles. The van der Waals surface area contributed by atoms with Crippen LogP contribution in [-0.4, -0.2) is 50.4 Å². The Hall–Kier alpha value is -1.41. The molecule has 4 rings (SSSR count). The van der Waals surface area contributed by atoms with Gasteiger partial charge in [0, 0.05) is 37.1 Å². The Morgan fingerprint density at radius 3 is 2.65 bits per heavy atom. The molecule has 1 aromatic heterocycles. The minimum atomic E-state index is -3.51. The van der Waals surface area contributed by atoms with Crippen LogP contribution in [0, 0.1) is 0 Å². The quantitative estimate of drug-likeness (QED) is 0.803. The lowest BCUT2D eigenvalue weighted by Crippen LogP contribution is -2.47. The monoisotopic (exact) mass is 392 g/mol. The highest BCUT2D eigenvalue weighted by Crippen LogP contribution is 2.31. The molecular formula is C19H24N2O3S2. The van der Waals surface area contributed by atoms with Crippen LogP contribution in [0.25, 0.3) is 0 Å². The number of fused-ring (bicyclic) bond motifs is 1. The molecule has 140 valence electrons. The summed E-state index contributed by atoms with van der Waals surface area (Å²) in [5.41, 5.74) is 1.45. The molecule has 7 heteroatoms. The number of ether oxygens (including phenoxy) is 1. The van der Waals surface area contributed by atoms with Gasteiger partial charge in [0.15, 0.2) is 0 Å². The second-order valence-corrected chi connectivity index (χ2v) is 9.78. The van der Waals surface area contributed by atoms with Gasteiger partial charge in [-0.3, -0.25) is 4.90 Å². The lowest BCUT2D eigenvalue weighted by Gasteiger charge is -2.39. The number of hydrogen-bond acceptors (Lipinski definition) is 5. The molecule has 1 fully saturated rings. The molecule has 0 bridgehead atoms. The number of methoxy groups -OCH3 is 1. The first-order valence-electron chi connectivity index (χ1n) is 9.02. The van der Waals surface area contributed by atoms with E-state index in [1.807, 2.05) is 11.3 Å². The van der Waals surface area contributed by atoms with E-state index >= 15 is 0 Å². The number of sulfonamides is 1. The van der Waals surface area contributed by atoms with Crippen LogP contribution in [0.1, 0.15) is 23.3 Å². The maximum Gasteiger partial charge on any atom is 0.246 e. The molecule has 2 aromatic rings. The molecule has 0 amide bonds. The van der Waals surface area contributed by atoms with E-state index in [0.29, 0.717) is 24.9 Å². The van der Waals surface area contributed by atoms with Crippen molar-refractivity contribution in [2.24, 2.45) is 0 Å². The van der Waals surface area contributed by atoms with Gasteiger partial charge in [0.2, 0.25) is 10.0 Å². The lowest BCUT2D eigenvalue weighted by molar-refractivity contribution is 0.127. The summed E-state index contributed by atoms with van der Waals surface area (Å²) in [5.74, 6) is 0.413. The fourth-order valence-corrected chi connectivity index (χ4v) is 6.52. The van der Waals surface area contributed by atoms with Crippen molar-refractivity contribution in [3.63, 3.8) is 0 Å². The molecule has 3 heterocycles. The van der Waals surface area contributed by atoms with Gasteiger partial charge in [-0.05, 0) is 48.4 Å². The zero-order valence-corrected chi connectivity index (χ0v) is 16.6. The van der Waals surface area contributed by atoms with E-state index < -0.39 is 10.0 Å². The van der Waals surface area contributed by atoms with Gasteiger partial charge < -0.3 is 4.74 Å². The van der Waals surface area contributed by atoms with E-state index in [-0.39, 0.29) is 4.90 Å². The molecule has 0 N–H and O–H groups in total. The first-order valence-corrected chi connectivity index (χ1v) is 11.3. The summed E-state index contributed by atoms with van der Waals surface area (Å²) < 4.78 is 32.9. The summed E-state index contributed by atoms with van der Waals surface area (Å²) in [6.07, 6.45) is 2.88. The molecule has 2 aliphatic heterocycles. The lowest BCUT2D eigenvalue weighted by atomic mass is 10.0. The predicted molar refractivity (Wildman–Crippen MR) is 103 cm³/mol. The van der Waals surface area contributed by atoms with Crippen molar-refractivity contribution >= 4 is 21.4 Å². The van der Waals surface area contributed by atoms with Gasteiger partial charge in [-0.1, -0.05) is 12.1 Å². The number of para-hydroxylation sites is 1. The van der Waals surface area contributed by atoms with Gasteiger partial charge in [0.1, 0.15) is 10.6 Å². The van der Waals surface area contributed by atoms with Gasteiger partial charge >= 0.3 is 0 Å². The van der Waals surface area contributed by atoms with Gasteiger partial charge in [-0.25, -0.2) is 8.42 Å². The Bertz CT molecular complexity index is 870. The highest BCUT2D eigenvalue weighted by molar-refractivity contribution is 7.89. The summed E-state index contributed by atoms with van der Waals surface area (Å²) in [4.78, 5) is 4.31. The van der Waals surface area contributed by atoms with Gasteiger partial charge in [-0.2, -0.15) is 4.31 Å². The van der Waals surface area contributed by atoms with Gasteiger partial charge in [-0.15, -0.1) is 11.3 Å². The van der Waals surface area contributed by atoms with Gasteiger partial charge in [0.25, 0.3) is 0 Å². The van der Waals surface area contributed by atoms with Crippen molar-refractivity contribution in [1.29, 1.82) is 0 Å². The standard InChI is InChI=1S/C19H24N2O3S2/c1-24-17-4-2-3-5-19(17)26(22,23)21-11-6-16(7-12-21)20-10-8-18-15(14-20)9-13-25-18/h2-5,9,13,16H,6-8,10-12,14H2,1H3. The Morgan fingerprint density at radius 1 is 1.12 bits per heavy atom. The number of nitrogens with zero attached hydrogens (tertiary/aromatic N) is 2. The summed E-state index contributed by atoms with van der Waals surface area (Å²) in [5, 5.41) is 2.18. The smallest absolute Gasteiger partial charge is 0.246 e. The van der Waals surface area contributed by atoms with Crippen LogP contribution in [0.2, 0.25) is 0 Å². The molecule has 0 unspecified atom stereocenters. The SMILES string of the molecule is COc1ccccc1S(=O)(=O)N1CCC(N2CCc3sccc3C2)CC1.